The van der Waals surface area contributed by atoms with Crippen LogP contribution in [0.4, 0.5) is 0 Å². The molecule has 4 heterocycles. The van der Waals surface area contributed by atoms with Crippen LogP contribution in [0.5, 0.6) is 0 Å². The molecule has 7 heteroatoms. The summed E-state index contributed by atoms with van der Waals surface area (Å²) in [4.78, 5) is 17.7. The molecule has 0 spiro atoms. The highest BCUT2D eigenvalue weighted by molar-refractivity contribution is 5.85. The minimum atomic E-state index is -1.59. The number of ether oxygens (including phenoxy) is 1. The average molecular weight is 431 g/mol. The summed E-state index contributed by atoms with van der Waals surface area (Å²) in [5.74, 6) is -0.0352. The molecule has 0 aliphatic carbocycles. The zero-order valence-corrected chi connectivity index (χ0v) is 17.9. The van der Waals surface area contributed by atoms with Crippen molar-refractivity contribution in [2.75, 3.05) is 39.3 Å². The van der Waals surface area contributed by atoms with Crippen LogP contribution in [0, 0.1) is 5.92 Å². The SMILES string of the molecule is Cl.Cl.O=C(OC1CN2CCC1CC2)C(O)(CN1CCCCC1)c1ccccc1. The molecule has 5 nitrogen and oxygen atoms in total. The lowest BCUT2D eigenvalue weighted by Crippen LogP contribution is -2.55. The number of piperidine rings is 4. The summed E-state index contributed by atoms with van der Waals surface area (Å²) in [7, 11) is 0. The van der Waals surface area contributed by atoms with Gasteiger partial charge in [0.25, 0.3) is 0 Å². The molecule has 5 rings (SSSR count). The molecule has 4 aliphatic heterocycles. The van der Waals surface area contributed by atoms with E-state index in [-0.39, 0.29) is 30.9 Å². The van der Waals surface area contributed by atoms with E-state index < -0.39 is 11.6 Å². The van der Waals surface area contributed by atoms with Gasteiger partial charge in [-0.3, -0.25) is 9.80 Å². The number of rotatable bonds is 5. The normalized spacial score (nSPS) is 29.1. The summed E-state index contributed by atoms with van der Waals surface area (Å²) in [6.07, 6.45) is 5.58. The fourth-order valence-corrected chi connectivity index (χ4v) is 4.71. The summed E-state index contributed by atoms with van der Waals surface area (Å²) < 4.78 is 5.93. The summed E-state index contributed by atoms with van der Waals surface area (Å²) in [5.41, 5.74) is -0.957. The Morgan fingerprint density at radius 1 is 1.04 bits per heavy atom. The molecular formula is C21H32Cl2N2O3. The summed E-state index contributed by atoms with van der Waals surface area (Å²) >= 11 is 0. The molecule has 0 radical (unpaired) electrons. The number of aliphatic hydroxyl groups is 1. The highest BCUT2D eigenvalue weighted by Crippen LogP contribution is 2.32. The molecular weight excluding hydrogens is 399 g/mol. The lowest BCUT2D eigenvalue weighted by Gasteiger charge is -2.45. The number of fused-ring (bicyclic) bond motifs is 3. The van der Waals surface area contributed by atoms with Crippen LogP contribution >= 0.6 is 24.8 Å². The van der Waals surface area contributed by atoms with Gasteiger partial charge in [0.2, 0.25) is 0 Å². The number of esters is 1. The molecule has 1 aromatic carbocycles. The Hall–Kier alpha value is -0.850. The van der Waals surface area contributed by atoms with E-state index in [9.17, 15) is 9.90 Å². The molecule has 28 heavy (non-hydrogen) atoms. The minimum Gasteiger partial charge on any atom is -0.458 e. The monoisotopic (exact) mass is 430 g/mol. The van der Waals surface area contributed by atoms with Crippen molar-refractivity contribution in [2.24, 2.45) is 5.92 Å². The van der Waals surface area contributed by atoms with Gasteiger partial charge < -0.3 is 9.84 Å². The fourth-order valence-electron chi connectivity index (χ4n) is 4.71. The number of halogens is 2. The quantitative estimate of drug-likeness (QED) is 0.727. The van der Waals surface area contributed by atoms with E-state index >= 15 is 0 Å². The van der Waals surface area contributed by atoms with Gasteiger partial charge in [0, 0.05) is 13.1 Å². The Morgan fingerprint density at radius 3 is 2.25 bits per heavy atom. The second kappa shape index (κ2) is 10.3. The molecule has 4 fully saturated rings. The second-order valence-electron chi connectivity index (χ2n) is 8.14. The van der Waals surface area contributed by atoms with E-state index in [0.29, 0.717) is 18.0 Å². The molecule has 4 aliphatic rings. The van der Waals surface area contributed by atoms with Crippen molar-refractivity contribution in [2.45, 2.75) is 43.8 Å². The maximum atomic E-state index is 13.2. The Bertz CT molecular complexity index is 619. The Labute approximate surface area is 180 Å². The number of hydrogen-bond acceptors (Lipinski definition) is 5. The highest BCUT2D eigenvalue weighted by Gasteiger charge is 2.45. The standard InChI is InChI=1S/C21H30N2O3.2ClH/c24-20(26-19-15-22-13-9-17(19)10-14-22)21(25,18-7-3-1-4-8-18)16-23-11-5-2-6-12-23;;/h1,3-4,7-8,17,19,25H,2,5-6,9-16H2;2*1H. The van der Waals surface area contributed by atoms with Crippen LogP contribution in [-0.2, 0) is 15.1 Å². The van der Waals surface area contributed by atoms with Gasteiger partial charge in [0.1, 0.15) is 6.10 Å². The van der Waals surface area contributed by atoms with Crippen LogP contribution in [0.15, 0.2) is 30.3 Å². The van der Waals surface area contributed by atoms with E-state index in [1.165, 1.54) is 6.42 Å². The lowest BCUT2D eigenvalue weighted by atomic mass is 9.85. The van der Waals surface area contributed by atoms with Gasteiger partial charge in [-0.2, -0.15) is 0 Å². The second-order valence-corrected chi connectivity index (χ2v) is 8.14. The number of nitrogens with zero attached hydrogens (tertiary/aromatic N) is 2. The molecule has 2 bridgehead atoms. The predicted octanol–water partition coefficient (Wildman–Crippen LogP) is 2.84. The van der Waals surface area contributed by atoms with Gasteiger partial charge in [-0.15, -0.1) is 24.8 Å². The minimum absolute atomic E-state index is 0. The highest BCUT2D eigenvalue weighted by atomic mass is 35.5. The van der Waals surface area contributed by atoms with Gasteiger partial charge in [0.15, 0.2) is 5.60 Å². The number of carbonyl (C=O) groups is 1. The van der Waals surface area contributed by atoms with Crippen molar-refractivity contribution in [1.82, 2.24) is 9.80 Å². The van der Waals surface area contributed by atoms with Crippen LogP contribution < -0.4 is 0 Å². The number of hydrogen-bond donors (Lipinski definition) is 1. The number of carbonyl (C=O) groups excluding carboxylic acids is 1. The molecule has 1 aromatic rings. The molecule has 0 saturated carbocycles. The fraction of sp³-hybridized carbons (Fsp3) is 0.667. The number of benzene rings is 1. The molecule has 0 aromatic heterocycles. The number of likely N-dealkylation sites (tertiary alicyclic amines) is 1. The van der Waals surface area contributed by atoms with Gasteiger partial charge in [0.05, 0.1) is 0 Å². The van der Waals surface area contributed by atoms with Crippen molar-refractivity contribution in [1.29, 1.82) is 0 Å². The zero-order valence-electron chi connectivity index (χ0n) is 16.3. The third-order valence-electron chi connectivity index (χ3n) is 6.34. The smallest absolute Gasteiger partial charge is 0.344 e. The van der Waals surface area contributed by atoms with E-state index in [1.54, 1.807) is 0 Å². The zero-order chi connectivity index (χ0) is 18.0. The first kappa shape index (κ1) is 23.4. The summed E-state index contributed by atoms with van der Waals surface area (Å²) in [5, 5.41) is 11.5. The van der Waals surface area contributed by atoms with Gasteiger partial charge in [-0.25, -0.2) is 4.79 Å². The topological polar surface area (TPSA) is 53.0 Å². The van der Waals surface area contributed by atoms with Crippen LogP contribution in [0.2, 0.25) is 0 Å². The first-order chi connectivity index (χ1) is 12.6. The largest absolute Gasteiger partial charge is 0.458 e. The maximum Gasteiger partial charge on any atom is 0.344 e. The Kier molecular flexibility index (Phi) is 8.59. The van der Waals surface area contributed by atoms with Crippen LogP contribution in [0.3, 0.4) is 0 Å². The first-order valence-corrected chi connectivity index (χ1v) is 10.1. The van der Waals surface area contributed by atoms with Crippen molar-refractivity contribution in [3.05, 3.63) is 35.9 Å². The van der Waals surface area contributed by atoms with Gasteiger partial charge >= 0.3 is 5.97 Å². The third kappa shape index (κ3) is 5.00. The third-order valence-corrected chi connectivity index (χ3v) is 6.34. The van der Waals surface area contributed by atoms with Crippen molar-refractivity contribution < 1.29 is 14.6 Å². The van der Waals surface area contributed by atoms with Crippen LogP contribution in [-0.4, -0.2) is 66.2 Å². The maximum absolute atomic E-state index is 13.2. The van der Waals surface area contributed by atoms with Gasteiger partial charge in [-0.1, -0.05) is 36.8 Å². The molecule has 2 unspecified atom stereocenters. The molecule has 2 atom stereocenters. The molecule has 4 saturated heterocycles. The van der Waals surface area contributed by atoms with Gasteiger partial charge in [-0.05, 0) is 63.3 Å². The summed E-state index contributed by atoms with van der Waals surface area (Å²) in [6.45, 7) is 5.21. The Balaban J connectivity index is 0.00000140. The molecule has 158 valence electrons. The lowest BCUT2D eigenvalue weighted by molar-refractivity contribution is -0.183. The Morgan fingerprint density at radius 2 is 1.68 bits per heavy atom. The van der Waals surface area contributed by atoms with Crippen molar-refractivity contribution in [3.63, 3.8) is 0 Å². The van der Waals surface area contributed by atoms with E-state index in [1.807, 2.05) is 30.3 Å². The van der Waals surface area contributed by atoms with Crippen LogP contribution in [0.1, 0.15) is 37.7 Å². The predicted molar refractivity (Wildman–Crippen MR) is 114 cm³/mol. The van der Waals surface area contributed by atoms with Crippen LogP contribution in [0.25, 0.3) is 0 Å². The first-order valence-electron chi connectivity index (χ1n) is 10.1. The summed E-state index contributed by atoms with van der Waals surface area (Å²) in [6, 6.07) is 9.32. The van der Waals surface area contributed by atoms with E-state index in [4.69, 9.17) is 4.74 Å². The number of β-amino-alcohol motifs (C(OH)–C–C–N with tert-alkyl or cyclic N) is 1. The van der Waals surface area contributed by atoms with E-state index in [2.05, 4.69) is 9.80 Å². The van der Waals surface area contributed by atoms with Crippen molar-refractivity contribution >= 4 is 30.8 Å². The van der Waals surface area contributed by atoms with E-state index in [0.717, 1.165) is 58.4 Å². The average Bonchev–Trinajstić information content (AvgIpc) is 2.70. The molecule has 0 amide bonds. The van der Waals surface area contributed by atoms with Crippen molar-refractivity contribution in [3.8, 4) is 0 Å². The molecule has 1 N–H and O–H groups in total.